The summed E-state index contributed by atoms with van der Waals surface area (Å²) in [5.74, 6) is 1.81. The molecule has 0 aliphatic heterocycles. The number of nitriles is 1. The van der Waals surface area contributed by atoms with Crippen molar-refractivity contribution in [2.45, 2.75) is 20.4 Å². The minimum atomic E-state index is 0.660. The fourth-order valence-corrected chi connectivity index (χ4v) is 2.14. The molecule has 0 radical (unpaired) electrons. The molecule has 1 aromatic carbocycles. The van der Waals surface area contributed by atoms with Gasteiger partial charge in [-0.25, -0.2) is 0 Å². The molecular weight excluding hydrogens is 224 g/mol. The lowest BCUT2D eigenvalue weighted by molar-refractivity contribution is 0.481. The highest BCUT2D eigenvalue weighted by molar-refractivity contribution is 5.63. The molecule has 1 aromatic heterocycles. The van der Waals surface area contributed by atoms with E-state index in [1.807, 2.05) is 56.1 Å². The molecule has 0 atom stereocenters. The Labute approximate surface area is 107 Å². The molecule has 0 saturated carbocycles. The molecule has 92 valence electrons. The number of furan rings is 1. The Morgan fingerprint density at radius 2 is 2.00 bits per heavy atom. The van der Waals surface area contributed by atoms with Gasteiger partial charge in [0.2, 0.25) is 0 Å². The van der Waals surface area contributed by atoms with E-state index in [1.165, 1.54) is 0 Å². The van der Waals surface area contributed by atoms with Crippen LogP contribution >= 0.6 is 0 Å². The second kappa shape index (κ2) is 4.97. The van der Waals surface area contributed by atoms with Gasteiger partial charge in [-0.15, -0.1) is 0 Å². The van der Waals surface area contributed by atoms with Crippen LogP contribution in [0.15, 0.2) is 34.7 Å². The normalized spacial score (nSPS) is 10.1. The van der Waals surface area contributed by atoms with Crippen LogP contribution in [0.3, 0.4) is 0 Å². The molecule has 0 aliphatic rings. The van der Waals surface area contributed by atoms with Gasteiger partial charge in [-0.3, -0.25) is 0 Å². The van der Waals surface area contributed by atoms with E-state index in [9.17, 15) is 0 Å². The quantitative estimate of drug-likeness (QED) is 0.825. The van der Waals surface area contributed by atoms with Crippen molar-refractivity contribution < 1.29 is 4.42 Å². The fraction of sp³-hybridized carbons (Fsp3) is 0.267. The van der Waals surface area contributed by atoms with Gasteiger partial charge in [0, 0.05) is 7.05 Å². The van der Waals surface area contributed by atoms with Crippen molar-refractivity contribution in [3.8, 4) is 6.07 Å². The Kier molecular flexibility index (Phi) is 3.38. The van der Waals surface area contributed by atoms with Gasteiger partial charge in [0.05, 0.1) is 17.8 Å². The van der Waals surface area contributed by atoms with E-state index in [1.54, 1.807) is 0 Å². The summed E-state index contributed by atoms with van der Waals surface area (Å²) in [5, 5.41) is 9.16. The topological polar surface area (TPSA) is 40.2 Å². The van der Waals surface area contributed by atoms with E-state index >= 15 is 0 Å². The maximum absolute atomic E-state index is 9.16. The first kappa shape index (κ1) is 12.3. The van der Waals surface area contributed by atoms with Crippen LogP contribution in [0.1, 0.15) is 22.6 Å². The van der Waals surface area contributed by atoms with E-state index < -0.39 is 0 Å². The number of rotatable bonds is 3. The zero-order valence-corrected chi connectivity index (χ0v) is 10.9. The van der Waals surface area contributed by atoms with Gasteiger partial charge in [-0.05, 0) is 37.6 Å². The highest BCUT2D eigenvalue weighted by Crippen LogP contribution is 2.25. The Bertz CT molecular complexity index is 593. The number of hydrogen-bond acceptors (Lipinski definition) is 3. The van der Waals surface area contributed by atoms with Crippen molar-refractivity contribution in [1.82, 2.24) is 0 Å². The standard InChI is InChI=1S/C15H16N2O/c1-11-5-4-6-13(9-16)15(11)17(3)10-14-8-7-12(2)18-14/h4-8H,10H2,1-3H3. The van der Waals surface area contributed by atoms with Crippen LogP contribution in [0.5, 0.6) is 0 Å². The molecule has 0 amide bonds. The molecule has 0 fully saturated rings. The second-order valence-electron chi connectivity index (χ2n) is 4.45. The highest BCUT2D eigenvalue weighted by Gasteiger charge is 2.11. The molecule has 0 aliphatic carbocycles. The smallest absolute Gasteiger partial charge is 0.123 e. The van der Waals surface area contributed by atoms with Crippen molar-refractivity contribution in [1.29, 1.82) is 5.26 Å². The highest BCUT2D eigenvalue weighted by atomic mass is 16.3. The third kappa shape index (κ3) is 2.38. The minimum absolute atomic E-state index is 0.660. The Hall–Kier alpha value is -2.21. The zero-order chi connectivity index (χ0) is 13.1. The van der Waals surface area contributed by atoms with E-state index in [0.29, 0.717) is 12.1 Å². The molecule has 0 unspecified atom stereocenters. The summed E-state index contributed by atoms with van der Waals surface area (Å²) in [7, 11) is 1.97. The van der Waals surface area contributed by atoms with E-state index in [0.717, 1.165) is 22.8 Å². The monoisotopic (exact) mass is 240 g/mol. The number of anilines is 1. The third-order valence-electron chi connectivity index (χ3n) is 2.93. The summed E-state index contributed by atoms with van der Waals surface area (Å²) in [6.07, 6.45) is 0. The maximum Gasteiger partial charge on any atom is 0.123 e. The third-order valence-corrected chi connectivity index (χ3v) is 2.93. The van der Waals surface area contributed by atoms with Crippen molar-refractivity contribution in [2.75, 3.05) is 11.9 Å². The van der Waals surface area contributed by atoms with Crippen LogP contribution in [0.25, 0.3) is 0 Å². The molecule has 0 bridgehead atoms. The first-order valence-corrected chi connectivity index (χ1v) is 5.88. The second-order valence-corrected chi connectivity index (χ2v) is 4.45. The Balaban J connectivity index is 2.29. The summed E-state index contributed by atoms with van der Waals surface area (Å²) in [6.45, 7) is 4.60. The number of aryl methyl sites for hydroxylation is 2. The number of para-hydroxylation sites is 1. The van der Waals surface area contributed by atoms with Crippen LogP contribution in [-0.4, -0.2) is 7.05 Å². The molecular formula is C15H16N2O. The number of benzene rings is 1. The van der Waals surface area contributed by atoms with Crippen LogP contribution in [-0.2, 0) is 6.54 Å². The number of hydrogen-bond donors (Lipinski definition) is 0. The summed E-state index contributed by atoms with van der Waals surface area (Å²) in [6, 6.07) is 11.9. The van der Waals surface area contributed by atoms with Crippen LogP contribution in [0.4, 0.5) is 5.69 Å². The Morgan fingerprint density at radius 3 is 2.61 bits per heavy atom. The zero-order valence-electron chi connectivity index (χ0n) is 10.9. The van der Waals surface area contributed by atoms with Crippen molar-refractivity contribution >= 4 is 5.69 Å². The average Bonchev–Trinajstić information content (AvgIpc) is 2.74. The lowest BCUT2D eigenvalue weighted by Gasteiger charge is -2.21. The van der Waals surface area contributed by atoms with Gasteiger partial charge in [-0.1, -0.05) is 12.1 Å². The molecule has 1 heterocycles. The number of nitrogens with zero attached hydrogens (tertiary/aromatic N) is 2. The predicted octanol–water partition coefficient (Wildman–Crippen LogP) is 3.40. The summed E-state index contributed by atoms with van der Waals surface area (Å²) < 4.78 is 5.56. The lowest BCUT2D eigenvalue weighted by atomic mass is 10.1. The molecule has 3 nitrogen and oxygen atoms in total. The van der Waals surface area contributed by atoms with Crippen LogP contribution in [0, 0.1) is 25.2 Å². The van der Waals surface area contributed by atoms with Gasteiger partial charge >= 0.3 is 0 Å². The van der Waals surface area contributed by atoms with Crippen LogP contribution in [0.2, 0.25) is 0 Å². The van der Waals surface area contributed by atoms with Crippen molar-refractivity contribution in [2.24, 2.45) is 0 Å². The van der Waals surface area contributed by atoms with Crippen molar-refractivity contribution in [3.63, 3.8) is 0 Å². The SMILES string of the molecule is Cc1ccc(CN(C)c2c(C)cccc2C#N)o1. The summed E-state index contributed by atoms with van der Waals surface area (Å²) in [5.41, 5.74) is 2.76. The first-order chi connectivity index (χ1) is 8.61. The molecule has 2 rings (SSSR count). The van der Waals surface area contributed by atoms with Gasteiger partial charge in [0.15, 0.2) is 0 Å². The predicted molar refractivity (Wildman–Crippen MR) is 71.4 cm³/mol. The van der Waals surface area contributed by atoms with Crippen molar-refractivity contribution in [3.05, 3.63) is 53.0 Å². The first-order valence-electron chi connectivity index (χ1n) is 5.88. The molecule has 3 heteroatoms. The molecule has 18 heavy (non-hydrogen) atoms. The van der Waals surface area contributed by atoms with Gasteiger partial charge < -0.3 is 9.32 Å². The molecule has 0 saturated heterocycles. The molecule has 0 spiro atoms. The average molecular weight is 240 g/mol. The van der Waals surface area contributed by atoms with E-state index in [2.05, 4.69) is 6.07 Å². The summed E-state index contributed by atoms with van der Waals surface area (Å²) >= 11 is 0. The van der Waals surface area contributed by atoms with Gasteiger partial charge in [0.25, 0.3) is 0 Å². The lowest BCUT2D eigenvalue weighted by Crippen LogP contribution is -2.18. The Morgan fingerprint density at radius 1 is 1.22 bits per heavy atom. The van der Waals surface area contributed by atoms with Crippen LogP contribution < -0.4 is 4.90 Å². The van der Waals surface area contributed by atoms with Gasteiger partial charge in [0.1, 0.15) is 17.6 Å². The molecule has 0 N–H and O–H groups in total. The van der Waals surface area contributed by atoms with Gasteiger partial charge in [-0.2, -0.15) is 5.26 Å². The molecule has 2 aromatic rings. The minimum Gasteiger partial charge on any atom is -0.464 e. The maximum atomic E-state index is 9.16. The van der Waals surface area contributed by atoms with E-state index in [4.69, 9.17) is 9.68 Å². The fourth-order valence-electron chi connectivity index (χ4n) is 2.14. The summed E-state index contributed by atoms with van der Waals surface area (Å²) in [4.78, 5) is 2.05. The largest absolute Gasteiger partial charge is 0.464 e. The van der Waals surface area contributed by atoms with E-state index in [-0.39, 0.29) is 0 Å².